The van der Waals surface area contributed by atoms with Gasteiger partial charge in [0.25, 0.3) is 5.91 Å². The largest absolute Gasteiger partial charge is 0.382 e. The van der Waals surface area contributed by atoms with Crippen molar-refractivity contribution in [2.75, 3.05) is 13.1 Å². The van der Waals surface area contributed by atoms with E-state index in [1.807, 2.05) is 12.1 Å². The second-order valence-corrected chi connectivity index (χ2v) is 6.55. The first-order chi connectivity index (χ1) is 11.2. The summed E-state index contributed by atoms with van der Waals surface area (Å²) >= 11 is 0. The number of nitrogens with zero attached hydrogens (tertiary/aromatic N) is 3. The Morgan fingerprint density at radius 2 is 2.13 bits per heavy atom. The molecule has 6 heteroatoms. The van der Waals surface area contributed by atoms with E-state index in [4.69, 9.17) is 0 Å². The van der Waals surface area contributed by atoms with Crippen molar-refractivity contribution in [3.8, 4) is 0 Å². The highest BCUT2D eigenvalue weighted by atomic mass is 16.3. The van der Waals surface area contributed by atoms with Crippen molar-refractivity contribution in [3.63, 3.8) is 0 Å². The van der Waals surface area contributed by atoms with Crippen LogP contribution in [0.2, 0.25) is 0 Å². The molecular formula is C17H20N4O2. The fourth-order valence-electron chi connectivity index (χ4n) is 3.73. The standard InChI is InChI=1S/C17H20N4O2/c22-16(14-6-5-12-3-1-4-13(12)9-14)21-8-2-7-17(23,11-21)15-10-18-20-19-15/h5-6,9-10,23H,1-4,7-8,11H2,(H,18,19,20). The van der Waals surface area contributed by atoms with E-state index in [0.29, 0.717) is 18.7 Å². The molecule has 4 rings (SSSR count). The third kappa shape index (κ3) is 2.53. The lowest BCUT2D eigenvalue weighted by Gasteiger charge is -2.38. The summed E-state index contributed by atoms with van der Waals surface area (Å²) in [6.45, 7) is 0.922. The molecule has 1 atom stereocenters. The molecule has 23 heavy (non-hydrogen) atoms. The number of hydrogen-bond donors (Lipinski definition) is 2. The third-order valence-electron chi connectivity index (χ3n) is 5.00. The van der Waals surface area contributed by atoms with E-state index in [9.17, 15) is 9.90 Å². The minimum absolute atomic E-state index is 0.0127. The summed E-state index contributed by atoms with van der Waals surface area (Å²) in [5.74, 6) is -0.0127. The molecule has 1 saturated heterocycles. The Labute approximate surface area is 134 Å². The molecule has 2 aliphatic rings. The van der Waals surface area contributed by atoms with Crippen LogP contribution in [0.3, 0.4) is 0 Å². The van der Waals surface area contributed by atoms with Crippen LogP contribution in [0.5, 0.6) is 0 Å². The number of H-pyrrole nitrogens is 1. The lowest BCUT2D eigenvalue weighted by molar-refractivity contribution is -0.0320. The smallest absolute Gasteiger partial charge is 0.253 e. The maximum absolute atomic E-state index is 12.8. The molecule has 2 heterocycles. The van der Waals surface area contributed by atoms with Crippen LogP contribution in [0.1, 0.15) is 46.4 Å². The van der Waals surface area contributed by atoms with E-state index >= 15 is 0 Å². The molecule has 2 aromatic rings. The van der Waals surface area contributed by atoms with Crippen molar-refractivity contribution in [2.45, 2.75) is 37.7 Å². The van der Waals surface area contributed by atoms with Gasteiger partial charge >= 0.3 is 0 Å². The van der Waals surface area contributed by atoms with Gasteiger partial charge in [-0.3, -0.25) is 4.79 Å². The van der Waals surface area contributed by atoms with Gasteiger partial charge in [0.05, 0.1) is 12.7 Å². The van der Waals surface area contributed by atoms with Crippen molar-refractivity contribution < 1.29 is 9.90 Å². The Kier molecular flexibility index (Phi) is 3.41. The zero-order valence-corrected chi connectivity index (χ0v) is 13.0. The molecule has 0 saturated carbocycles. The Morgan fingerprint density at radius 3 is 2.96 bits per heavy atom. The van der Waals surface area contributed by atoms with Crippen LogP contribution in [0.15, 0.2) is 24.4 Å². The van der Waals surface area contributed by atoms with E-state index in [2.05, 4.69) is 21.5 Å². The van der Waals surface area contributed by atoms with Gasteiger partial charge in [-0.2, -0.15) is 15.4 Å². The Hall–Kier alpha value is -2.21. The number of amides is 1. The van der Waals surface area contributed by atoms with Crippen molar-refractivity contribution >= 4 is 5.91 Å². The number of aryl methyl sites for hydroxylation is 2. The maximum Gasteiger partial charge on any atom is 0.253 e. The van der Waals surface area contributed by atoms with Crippen molar-refractivity contribution in [2.24, 2.45) is 0 Å². The molecule has 1 fully saturated rings. The predicted molar refractivity (Wildman–Crippen MR) is 83.9 cm³/mol. The molecule has 0 bridgehead atoms. The van der Waals surface area contributed by atoms with Crippen LogP contribution < -0.4 is 0 Å². The van der Waals surface area contributed by atoms with Crippen molar-refractivity contribution in [3.05, 3.63) is 46.8 Å². The molecule has 6 nitrogen and oxygen atoms in total. The molecule has 1 aromatic heterocycles. The van der Waals surface area contributed by atoms with Crippen LogP contribution in [-0.4, -0.2) is 44.4 Å². The van der Waals surface area contributed by atoms with E-state index in [-0.39, 0.29) is 12.5 Å². The summed E-state index contributed by atoms with van der Waals surface area (Å²) in [6, 6.07) is 6.01. The monoisotopic (exact) mass is 312 g/mol. The van der Waals surface area contributed by atoms with Gasteiger partial charge in [0, 0.05) is 12.1 Å². The molecule has 0 spiro atoms. The van der Waals surface area contributed by atoms with E-state index in [1.165, 1.54) is 23.7 Å². The fraction of sp³-hybridized carbons (Fsp3) is 0.471. The molecule has 0 radical (unpaired) electrons. The van der Waals surface area contributed by atoms with E-state index in [0.717, 1.165) is 24.8 Å². The zero-order valence-electron chi connectivity index (χ0n) is 13.0. The van der Waals surface area contributed by atoms with Gasteiger partial charge in [0.15, 0.2) is 0 Å². The molecule has 1 amide bonds. The van der Waals surface area contributed by atoms with Crippen molar-refractivity contribution in [1.29, 1.82) is 0 Å². The maximum atomic E-state index is 12.8. The molecule has 120 valence electrons. The number of carbonyl (C=O) groups excluding carboxylic acids is 1. The highest BCUT2D eigenvalue weighted by Crippen LogP contribution is 2.31. The van der Waals surface area contributed by atoms with Crippen molar-refractivity contribution in [1.82, 2.24) is 20.3 Å². The van der Waals surface area contributed by atoms with Gasteiger partial charge in [-0.1, -0.05) is 6.07 Å². The molecule has 1 unspecified atom stereocenters. The number of β-amino-alcohol motifs (C(OH)–C–C–N with tert-alkyl or cyclic N) is 1. The minimum Gasteiger partial charge on any atom is -0.382 e. The lowest BCUT2D eigenvalue weighted by atomic mass is 9.89. The average Bonchev–Trinajstić information content (AvgIpc) is 3.25. The highest BCUT2D eigenvalue weighted by Gasteiger charge is 2.39. The number of piperidine rings is 1. The number of benzene rings is 1. The number of aromatic nitrogens is 3. The number of rotatable bonds is 2. The van der Waals surface area contributed by atoms with Crippen LogP contribution in [0, 0.1) is 0 Å². The summed E-state index contributed by atoms with van der Waals surface area (Å²) < 4.78 is 0. The molecular weight excluding hydrogens is 292 g/mol. The molecule has 1 aromatic carbocycles. The summed E-state index contributed by atoms with van der Waals surface area (Å²) in [6.07, 6.45) is 6.21. The summed E-state index contributed by atoms with van der Waals surface area (Å²) in [5, 5.41) is 21.1. The normalized spacial score (nSPS) is 23.8. The molecule has 1 aliphatic carbocycles. The van der Waals surface area contributed by atoms with Gasteiger partial charge < -0.3 is 10.0 Å². The van der Waals surface area contributed by atoms with Gasteiger partial charge in [-0.05, 0) is 55.4 Å². The van der Waals surface area contributed by atoms with Crippen LogP contribution in [0.4, 0.5) is 0 Å². The summed E-state index contributed by atoms with van der Waals surface area (Å²) in [7, 11) is 0. The number of aliphatic hydroxyl groups is 1. The number of aromatic amines is 1. The van der Waals surface area contributed by atoms with Crippen LogP contribution >= 0.6 is 0 Å². The van der Waals surface area contributed by atoms with E-state index < -0.39 is 5.60 Å². The molecule has 2 N–H and O–H groups in total. The van der Waals surface area contributed by atoms with Gasteiger partial charge in [0.1, 0.15) is 11.3 Å². The van der Waals surface area contributed by atoms with Crippen LogP contribution in [-0.2, 0) is 18.4 Å². The first kappa shape index (κ1) is 14.4. The minimum atomic E-state index is -1.11. The predicted octanol–water partition coefficient (Wildman–Crippen LogP) is 1.42. The molecule has 1 aliphatic heterocycles. The van der Waals surface area contributed by atoms with Crippen LogP contribution in [0.25, 0.3) is 0 Å². The number of hydrogen-bond acceptors (Lipinski definition) is 4. The Bertz CT molecular complexity index is 728. The Balaban J connectivity index is 1.56. The van der Waals surface area contributed by atoms with Gasteiger partial charge in [-0.25, -0.2) is 0 Å². The van der Waals surface area contributed by atoms with Gasteiger partial charge in [-0.15, -0.1) is 0 Å². The number of nitrogens with one attached hydrogen (secondary N) is 1. The quantitative estimate of drug-likeness (QED) is 0.878. The number of likely N-dealkylation sites (tertiary alicyclic amines) is 1. The topological polar surface area (TPSA) is 82.1 Å². The first-order valence-corrected chi connectivity index (χ1v) is 8.15. The third-order valence-corrected chi connectivity index (χ3v) is 5.00. The lowest BCUT2D eigenvalue weighted by Crippen LogP contribution is -2.48. The van der Waals surface area contributed by atoms with E-state index in [1.54, 1.807) is 4.90 Å². The highest BCUT2D eigenvalue weighted by molar-refractivity contribution is 5.94. The summed E-state index contributed by atoms with van der Waals surface area (Å²) in [4.78, 5) is 14.6. The number of fused-ring (bicyclic) bond motifs is 1. The number of carbonyl (C=O) groups is 1. The Morgan fingerprint density at radius 1 is 1.26 bits per heavy atom. The average molecular weight is 312 g/mol. The first-order valence-electron chi connectivity index (χ1n) is 8.15. The SMILES string of the molecule is O=C(c1ccc2c(c1)CCC2)N1CCCC(O)(c2cn[nH]n2)C1. The van der Waals surface area contributed by atoms with Gasteiger partial charge in [0.2, 0.25) is 0 Å². The second-order valence-electron chi connectivity index (χ2n) is 6.55. The fourth-order valence-corrected chi connectivity index (χ4v) is 3.73. The second kappa shape index (κ2) is 5.45. The summed E-state index contributed by atoms with van der Waals surface area (Å²) in [5.41, 5.74) is 2.76. The zero-order chi connectivity index (χ0) is 15.9.